The van der Waals surface area contributed by atoms with Gasteiger partial charge >= 0.3 is 0 Å². The van der Waals surface area contributed by atoms with Crippen molar-refractivity contribution in [1.82, 2.24) is 30.8 Å². The molecule has 1 amide bonds. The maximum atomic E-state index is 11.6. The molecular formula is C9H16N6O. The molecule has 1 fully saturated rings. The van der Waals surface area contributed by atoms with Crippen LogP contribution in [0, 0.1) is 0 Å². The number of nitrogens with zero attached hydrogens (tertiary/aromatic N) is 4. The number of amides is 1. The van der Waals surface area contributed by atoms with Crippen LogP contribution in [-0.4, -0.2) is 44.7 Å². The lowest BCUT2D eigenvalue weighted by Gasteiger charge is -2.28. The van der Waals surface area contributed by atoms with E-state index in [0.29, 0.717) is 6.04 Å². The zero-order valence-electron chi connectivity index (χ0n) is 9.26. The Labute approximate surface area is 93.6 Å². The lowest BCUT2D eigenvalue weighted by molar-refractivity contribution is -0.122. The second kappa shape index (κ2) is 5.02. The molecule has 1 aliphatic heterocycles. The standard InChI is InChI=1S/C9H16N6O/c1-7-4-8(2-3-10-7)12-9(16)5-15-6-11-13-14-15/h6-8,10H,2-5H2,1H3,(H,12,16). The van der Waals surface area contributed by atoms with Crippen LogP contribution in [0.4, 0.5) is 0 Å². The van der Waals surface area contributed by atoms with Gasteiger partial charge in [-0.25, -0.2) is 4.68 Å². The summed E-state index contributed by atoms with van der Waals surface area (Å²) >= 11 is 0. The molecule has 2 rings (SSSR count). The van der Waals surface area contributed by atoms with Gasteiger partial charge in [0.15, 0.2) is 0 Å². The third kappa shape index (κ3) is 2.99. The topological polar surface area (TPSA) is 84.7 Å². The van der Waals surface area contributed by atoms with E-state index in [1.54, 1.807) is 0 Å². The maximum Gasteiger partial charge on any atom is 0.242 e. The van der Waals surface area contributed by atoms with E-state index in [1.165, 1.54) is 11.0 Å². The fourth-order valence-electron chi connectivity index (χ4n) is 1.94. The molecule has 2 heterocycles. The van der Waals surface area contributed by atoms with Crippen LogP contribution in [0.25, 0.3) is 0 Å². The summed E-state index contributed by atoms with van der Waals surface area (Å²) in [4.78, 5) is 11.6. The van der Waals surface area contributed by atoms with Gasteiger partial charge in [-0.05, 0) is 36.7 Å². The molecule has 1 aromatic rings. The van der Waals surface area contributed by atoms with Crippen molar-refractivity contribution in [2.75, 3.05) is 6.54 Å². The minimum atomic E-state index is -0.0357. The minimum Gasteiger partial charge on any atom is -0.352 e. The van der Waals surface area contributed by atoms with Gasteiger partial charge < -0.3 is 10.6 Å². The van der Waals surface area contributed by atoms with Gasteiger partial charge in [-0.15, -0.1) is 5.10 Å². The minimum absolute atomic E-state index is 0.0357. The van der Waals surface area contributed by atoms with E-state index >= 15 is 0 Å². The van der Waals surface area contributed by atoms with Crippen molar-refractivity contribution in [1.29, 1.82) is 0 Å². The van der Waals surface area contributed by atoms with Gasteiger partial charge in [-0.1, -0.05) is 0 Å². The van der Waals surface area contributed by atoms with Crippen molar-refractivity contribution in [3.63, 3.8) is 0 Å². The van der Waals surface area contributed by atoms with E-state index in [4.69, 9.17) is 0 Å². The van der Waals surface area contributed by atoms with Crippen molar-refractivity contribution in [3.05, 3.63) is 6.33 Å². The summed E-state index contributed by atoms with van der Waals surface area (Å²) in [5, 5.41) is 16.9. The van der Waals surface area contributed by atoms with Crippen LogP contribution in [0.2, 0.25) is 0 Å². The monoisotopic (exact) mass is 224 g/mol. The van der Waals surface area contributed by atoms with Crippen LogP contribution >= 0.6 is 0 Å². The highest BCUT2D eigenvalue weighted by Gasteiger charge is 2.19. The van der Waals surface area contributed by atoms with Crippen molar-refractivity contribution in [2.24, 2.45) is 0 Å². The Bertz CT molecular complexity index is 338. The summed E-state index contributed by atoms with van der Waals surface area (Å²) in [5.41, 5.74) is 0. The number of rotatable bonds is 3. The van der Waals surface area contributed by atoms with Crippen molar-refractivity contribution >= 4 is 5.91 Å². The highest BCUT2D eigenvalue weighted by molar-refractivity contribution is 5.75. The summed E-state index contributed by atoms with van der Waals surface area (Å²) in [6.07, 6.45) is 3.39. The quantitative estimate of drug-likeness (QED) is 0.683. The molecule has 2 atom stereocenters. The third-order valence-corrected chi connectivity index (χ3v) is 2.69. The number of piperidine rings is 1. The molecule has 0 saturated carbocycles. The van der Waals surface area contributed by atoms with Crippen molar-refractivity contribution in [3.8, 4) is 0 Å². The van der Waals surface area contributed by atoms with Gasteiger partial charge in [0.1, 0.15) is 12.9 Å². The number of aromatic nitrogens is 4. The first kappa shape index (κ1) is 11.0. The second-order valence-corrected chi connectivity index (χ2v) is 4.15. The normalized spacial score (nSPS) is 25.3. The van der Waals surface area contributed by atoms with Crippen LogP contribution in [0.3, 0.4) is 0 Å². The number of nitrogens with one attached hydrogen (secondary N) is 2. The molecule has 2 unspecified atom stereocenters. The number of carbonyl (C=O) groups is 1. The lowest BCUT2D eigenvalue weighted by Crippen LogP contribution is -2.47. The van der Waals surface area contributed by atoms with Gasteiger partial charge in [0.2, 0.25) is 5.91 Å². The van der Waals surface area contributed by atoms with E-state index in [0.717, 1.165) is 19.4 Å². The predicted molar refractivity (Wildman–Crippen MR) is 56.4 cm³/mol. The molecule has 1 aliphatic rings. The largest absolute Gasteiger partial charge is 0.352 e. The first-order valence-corrected chi connectivity index (χ1v) is 5.47. The maximum absolute atomic E-state index is 11.6. The molecule has 0 radical (unpaired) electrons. The summed E-state index contributed by atoms with van der Waals surface area (Å²) in [5.74, 6) is -0.0357. The molecule has 16 heavy (non-hydrogen) atoms. The Balaban J connectivity index is 1.78. The van der Waals surface area contributed by atoms with E-state index < -0.39 is 0 Å². The van der Waals surface area contributed by atoms with Gasteiger partial charge in [0.05, 0.1) is 0 Å². The van der Waals surface area contributed by atoms with E-state index in [-0.39, 0.29) is 18.5 Å². The third-order valence-electron chi connectivity index (χ3n) is 2.69. The van der Waals surface area contributed by atoms with Gasteiger partial charge in [0.25, 0.3) is 0 Å². The molecule has 0 aliphatic carbocycles. The van der Waals surface area contributed by atoms with Gasteiger partial charge in [0, 0.05) is 12.1 Å². The van der Waals surface area contributed by atoms with Crippen LogP contribution in [0.15, 0.2) is 6.33 Å². The molecule has 0 spiro atoms. The zero-order valence-corrected chi connectivity index (χ0v) is 9.26. The molecule has 88 valence electrons. The van der Waals surface area contributed by atoms with Gasteiger partial charge in [-0.3, -0.25) is 4.79 Å². The first-order valence-electron chi connectivity index (χ1n) is 5.47. The van der Waals surface area contributed by atoms with Crippen molar-refractivity contribution in [2.45, 2.75) is 38.4 Å². The Kier molecular flexibility index (Phi) is 3.45. The summed E-state index contributed by atoms with van der Waals surface area (Å²) in [6.45, 7) is 3.27. The van der Waals surface area contributed by atoms with E-state index in [2.05, 4.69) is 33.1 Å². The smallest absolute Gasteiger partial charge is 0.242 e. The summed E-state index contributed by atoms with van der Waals surface area (Å²) < 4.78 is 1.42. The zero-order chi connectivity index (χ0) is 11.4. The first-order chi connectivity index (χ1) is 7.74. The van der Waals surface area contributed by atoms with Crippen LogP contribution in [0.1, 0.15) is 19.8 Å². The SMILES string of the molecule is CC1CC(NC(=O)Cn2cnnn2)CCN1. The molecule has 2 N–H and O–H groups in total. The Morgan fingerprint density at radius 3 is 3.25 bits per heavy atom. The van der Waals surface area contributed by atoms with Crippen LogP contribution < -0.4 is 10.6 Å². The highest BCUT2D eigenvalue weighted by Crippen LogP contribution is 2.07. The number of hydrogen-bond acceptors (Lipinski definition) is 5. The average molecular weight is 224 g/mol. The molecule has 1 aromatic heterocycles. The molecule has 7 heteroatoms. The van der Waals surface area contributed by atoms with Crippen molar-refractivity contribution < 1.29 is 4.79 Å². The Morgan fingerprint density at radius 2 is 2.56 bits per heavy atom. The molecular weight excluding hydrogens is 208 g/mol. The van der Waals surface area contributed by atoms with Crippen LogP contribution in [-0.2, 0) is 11.3 Å². The van der Waals surface area contributed by atoms with E-state index in [9.17, 15) is 4.79 Å². The predicted octanol–water partition coefficient (Wildman–Crippen LogP) is -1.07. The Morgan fingerprint density at radius 1 is 1.69 bits per heavy atom. The van der Waals surface area contributed by atoms with Gasteiger partial charge in [-0.2, -0.15) is 0 Å². The van der Waals surface area contributed by atoms with Crippen LogP contribution in [0.5, 0.6) is 0 Å². The molecule has 0 aromatic carbocycles. The van der Waals surface area contributed by atoms with E-state index in [1.807, 2.05) is 0 Å². The fraction of sp³-hybridized carbons (Fsp3) is 0.778. The number of hydrogen-bond donors (Lipinski definition) is 2. The lowest BCUT2D eigenvalue weighted by atomic mass is 10.0. The average Bonchev–Trinajstić information content (AvgIpc) is 2.70. The second-order valence-electron chi connectivity index (χ2n) is 4.15. The molecule has 7 nitrogen and oxygen atoms in total. The highest BCUT2D eigenvalue weighted by atomic mass is 16.2. The molecule has 0 bridgehead atoms. The number of tetrazole rings is 1. The number of carbonyl (C=O) groups excluding carboxylic acids is 1. The summed E-state index contributed by atoms with van der Waals surface area (Å²) in [7, 11) is 0. The summed E-state index contributed by atoms with van der Waals surface area (Å²) in [6, 6.07) is 0.729. The molecule has 1 saturated heterocycles. The Hall–Kier alpha value is -1.50. The fourth-order valence-corrected chi connectivity index (χ4v) is 1.94.